The SMILES string of the molecule is COc1ccc(C(=O)N(C)[C@H](Cc2ccccc2)C(=O)N[C@@H](Cc2c[nH]c3ccccc23)C(=O)O)cc1. The van der Waals surface area contributed by atoms with Crippen molar-refractivity contribution in [3.05, 3.63) is 102 Å². The molecule has 2 atom stereocenters. The molecule has 2 amide bonds. The van der Waals surface area contributed by atoms with Crippen LogP contribution in [0.3, 0.4) is 0 Å². The first kappa shape index (κ1) is 25.5. The number of nitrogens with one attached hydrogen (secondary N) is 2. The number of nitrogens with zero attached hydrogens (tertiary/aromatic N) is 1. The zero-order chi connectivity index (χ0) is 26.4. The second-order valence-electron chi connectivity index (χ2n) is 8.81. The van der Waals surface area contributed by atoms with Crippen molar-refractivity contribution in [1.82, 2.24) is 15.2 Å². The number of fused-ring (bicyclic) bond motifs is 1. The Labute approximate surface area is 214 Å². The predicted molar refractivity (Wildman–Crippen MR) is 141 cm³/mol. The maximum Gasteiger partial charge on any atom is 0.326 e. The van der Waals surface area contributed by atoms with E-state index in [0.29, 0.717) is 11.3 Å². The number of carbonyl (C=O) groups is 3. The van der Waals surface area contributed by atoms with Crippen LogP contribution in [0.4, 0.5) is 0 Å². The maximum absolute atomic E-state index is 13.5. The molecule has 0 aliphatic heterocycles. The molecule has 8 heteroatoms. The van der Waals surface area contributed by atoms with Crippen molar-refractivity contribution in [2.75, 3.05) is 14.2 Å². The Morgan fingerprint density at radius 3 is 2.30 bits per heavy atom. The molecular weight excluding hydrogens is 470 g/mol. The van der Waals surface area contributed by atoms with Crippen molar-refractivity contribution < 1.29 is 24.2 Å². The highest BCUT2D eigenvalue weighted by Gasteiger charge is 2.31. The summed E-state index contributed by atoms with van der Waals surface area (Å²) in [4.78, 5) is 43.5. The van der Waals surface area contributed by atoms with Gasteiger partial charge in [-0.15, -0.1) is 0 Å². The van der Waals surface area contributed by atoms with E-state index >= 15 is 0 Å². The van der Waals surface area contributed by atoms with Crippen LogP contribution in [0.2, 0.25) is 0 Å². The predicted octanol–water partition coefficient (Wildman–Crippen LogP) is 3.67. The molecule has 1 heterocycles. The van der Waals surface area contributed by atoms with Crippen LogP contribution in [-0.4, -0.2) is 59.0 Å². The number of methoxy groups -OCH3 is 1. The summed E-state index contributed by atoms with van der Waals surface area (Å²) in [5, 5.41) is 13.5. The van der Waals surface area contributed by atoms with Gasteiger partial charge in [0, 0.05) is 42.6 Å². The number of aromatic amines is 1. The summed E-state index contributed by atoms with van der Waals surface area (Å²) >= 11 is 0. The topological polar surface area (TPSA) is 112 Å². The molecule has 1 aromatic heterocycles. The first-order valence-corrected chi connectivity index (χ1v) is 11.9. The number of para-hydroxylation sites is 1. The van der Waals surface area contributed by atoms with E-state index in [9.17, 15) is 19.5 Å². The number of aliphatic carboxylic acids is 1. The Balaban J connectivity index is 1.57. The Kier molecular flexibility index (Phi) is 7.88. The number of aromatic nitrogens is 1. The maximum atomic E-state index is 13.5. The molecule has 0 aliphatic rings. The van der Waals surface area contributed by atoms with Gasteiger partial charge in [0.25, 0.3) is 5.91 Å². The van der Waals surface area contributed by atoms with Crippen LogP contribution < -0.4 is 10.1 Å². The minimum absolute atomic E-state index is 0.0965. The second-order valence-corrected chi connectivity index (χ2v) is 8.81. The first-order chi connectivity index (χ1) is 17.9. The third-order valence-electron chi connectivity index (χ3n) is 6.41. The summed E-state index contributed by atoms with van der Waals surface area (Å²) in [5.74, 6) is -1.44. The highest BCUT2D eigenvalue weighted by Crippen LogP contribution is 2.20. The summed E-state index contributed by atoms with van der Waals surface area (Å²) in [6.07, 6.45) is 2.08. The molecule has 0 aliphatic carbocycles. The van der Waals surface area contributed by atoms with Crippen molar-refractivity contribution in [3.63, 3.8) is 0 Å². The third kappa shape index (κ3) is 5.98. The van der Waals surface area contributed by atoms with Crippen LogP contribution in [0.15, 0.2) is 85.1 Å². The summed E-state index contributed by atoms with van der Waals surface area (Å²) in [7, 11) is 3.09. The molecule has 4 aromatic rings. The van der Waals surface area contributed by atoms with Crippen LogP contribution in [0, 0.1) is 0 Å². The van der Waals surface area contributed by atoms with Crippen molar-refractivity contribution in [3.8, 4) is 5.75 Å². The average Bonchev–Trinajstić information content (AvgIpc) is 3.33. The van der Waals surface area contributed by atoms with Crippen molar-refractivity contribution in [1.29, 1.82) is 0 Å². The summed E-state index contributed by atoms with van der Waals surface area (Å²) < 4.78 is 5.16. The fourth-order valence-corrected chi connectivity index (χ4v) is 4.31. The first-order valence-electron chi connectivity index (χ1n) is 11.9. The Hall–Kier alpha value is -4.59. The molecule has 0 saturated heterocycles. The van der Waals surface area contributed by atoms with Gasteiger partial charge >= 0.3 is 5.97 Å². The van der Waals surface area contributed by atoms with Gasteiger partial charge in [0.1, 0.15) is 17.8 Å². The number of rotatable bonds is 10. The van der Waals surface area contributed by atoms with Crippen LogP contribution in [0.5, 0.6) is 5.75 Å². The molecule has 37 heavy (non-hydrogen) atoms. The minimum atomic E-state index is -1.17. The van der Waals surface area contributed by atoms with Crippen LogP contribution in [0.1, 0.15) is 21.5 Å². The molecular formula is C29H29N3O5. The second kappa shape index (κ2) is 11.4. The van der Waals surface area contributed by atoms with Crippen LogP contribution >= 0.6 is 0 Å². The number of carboxylic acid groups (broad SMARTS) is 1. The fraction of sp³-hybridized carbons (Fsp3) is 0.207. The molecule has 0 spiro atoms. The summed E-state index contributed by atoms with van der Waals surface area (Å²) in [6.45, 7) is 0. The zero-order valence-electron chi connectivity index (χ0n) is 20.7. The summed E-state index contributed by atoms with van der Waals surface area (Å²) in [6, 6.07) is 21.4. The van der Waals surface area contributed by atoms with Gasteiger partial charge in [-0.2, -0.15) is 0 Å². The normalized spacial score (nSPS) is 12.5. The van der Waals surface area contributed by atoms with E-state index in [1.165, 1.54) is 4.90 Å². The molecule has 8 nitrogen and oxygen atoms in total. The Morgan fingerprint density at radius 2 is 1.62 bits per heavy atom. The lowest BCUT2D eigenvalue weighted by Crippen LogP contribution is -2.53. The lowest BCUT2D eigenvalue weighted by Gasteiger charge is -2.29. The number of likely N-dealkylation sites (N-methyl/N-ethyl adjacent to an activating group) is 1. The zero-order valence-corrected chi connectivity index (χ0v) is 20.7. The Bertz CT molecular complexity index is 1380. The van der Waals surface area contributed by atoms with Gasteiger partial charge in [0.2, 0.25) is 5.91 Å². The number of ether oxygens (including phenoxy) is 1. The van der Waals surface area contributed by atoms with E-state index in [2.05, 4.69) is 10.3 Å². The van der Waals surface area contributed by atoms with Crippen molar-refractivity contribution in [2.45, 2.75) is 24.9 Å². The van der Waals surface area contributed by atoms with Gasteiger partial charge < -0.3 is 25.0 Å². The van der Waals surface area contributed by atoms with Gasteiger partial charge in [-0.1, -0.05) is 48.5 Å². The van der Waals surface area contributed by atoms with Crippen molar-refractivity contribution >= 4 is 28.7 Å². The lowest BCUT2D eigenvalue weighted by molar-refractivity contribution is -0.142. The standard InChI is InChI=1S/C29H29N3O5/c1-32(28(34)20-12-14-22(37-2)15-13-20)26(16-19-8-4-3-5-9-19)27(33)31-25(29(35)36)17-21-18-30-24-11-7-6-10-23(21)24/h3-15,18,25-26,30H,16-17H2,1-2H3,(H,31,33)(H,35,36)/t25-,26+/m0/s1. The number of carboxylic acids is 1. The van der Waals surface area contributed by atoms with Crippen molar-refractivity contribution in [2.24, 2.45) is 0 Å². The van der Waals surface area contributed by atoms with E-state index in [-0.39, 0.29) is 18.7 Å². The number of benzene rings is 3. The number of amides is 2. The van der Waals surface area contributed by atoms with Gasteiger partial charge in [-0.05, 0) is 41.5 Å². The Morgan fingerprint density at radius 1 is 0.946 bits per heavy atom. The van der Waals surface area contributed by atoms with E-state index in [1.54, 1.807) is 44.6 Å². The lowest BCUT2D eigenvalue weighted by atomic mass is 10.0. The molecule has 0 bridgehead atoms. The molecule has 3 N–H and O–H groups in total. The van der Waals surface area contributed by atoms with E-state index < -0.39 is 24.0 Å². The highest BCUT2D eigenvalue weighted by molar-refractivity contribution is 5.98. The highest BCUT2D eigenvalue weighted by atomic mass is 16.5. The average molecular weight is 500 g/mol. The number of H-pyrrole nitrogens is 1. The quantitative estimate of drug-likeness (QED) is 0.308. The molecule has 4 rings (SSSR count). The van der Waals surface area contributed by atoms with Gasteiger partial charge in [0.05, 0.1) is 7.11 Å². The monoisotopic (exact) mass is 499 g/mol. The largest absolute Gasteiger partial charge is 0.497 e. The molecule has 190 valence electrons. The molecule has 3 aromatic carbocycles. The van der Waals surface area contributed by atoms with E-state index in [0.717, 1.165) is 22.0 Å². The molecule has 0 unspecified atom stereocenters. The van der Waals surface area contributed by atoms with E-state index in [4.69, 9.17) is 4.74 Å². The molecule has 0 fully saturated rings. The number of hydrogen-bond acceptors (Lipinski definition) is 4. The third-order valence-corrected chi connectivity index (χ3v) is 6.41. The summed E-state index contributed by atoms with van der Waals surface area (Å²) in [5.41, 5.74) is 2.91. The molecule has 0 saturated carbocycles. The molecule has 0 radical (unpaired) electrons. The fourth-order valence-electron chi connectivity index (χ4n) is 4.31. The smallest absolute Gasteiger partial charge is 0.326 e. The van der Waals surface area contributed by atoms with Gasteiger partial charge in [0.15, 0.2) is 0 Å². The van der Waals surface area contributed by atoms with Gasteiger partial charge in [-0.3, -0.25) is 9.59 Å². The van der Waals surface area contributed by atoms with Crippen LogP contribution in [-0.2, 0) is 22.4 Å². The van der Waals surface area contributed by atoms with Gasteiger partial charge in [-0.25, -0.2) is 4.79 Å². The number of hydrogen-bond donors (Lipinski definition) is 3. The van der Waals surface area contributed by atoms with E-state index in [1.807, 2.05) is 54.6 Å². The minimum Gasteiger partial charge on any atom is -0.497 e. The number of carbonyl (C=O) groups excluding carboxylic acids is 2. The van der Waals surface area contributed by atoms with Crippen LogP contribution in [0.25, 0.3) is 10.9 Å².